The summed E-state index contributed by atoms with van der Waals surface area (Å²) in [6.07, 6.45) is 1.20. The van der Waals surface area contributed by atoms with E-state index in [2.05, 4.69) is 5.32 Å². The molecule has 0 saturated carbocycles. The lowest BCUT2D eigenvalue weighted by Gasteiger charge is -2.33. The Balaban J connectivity index is 2.03. The van der Waals surface area contributed by atoms with Gasteiger partial charge in [0.05, 0.1) is 10.6 Å². The third-order valence-corrected chi connectivity index (χ3v) is 7.96. The fraction of sp³-hybridized carbons (Fsp3) is 0.310. The Morgan fingerprint density at radius 1 is 0.811 bits per heavy atom. The van der Waals surface area contributed by atoms with Gasteiger partial charge in [-0.05, 0) is 55.2 Å². The van der Waals surface area contributed by atoms with Crippen LogP contribution in [0.5, 0.6) is 0 Å². The average Bonchev–Trinajstić information content (AvgIpc) is 2.92. The second-order valence-corrected chi connectivity index (χ2v) is 10.5. The Morgan fingerprint density at radius 3 is 1.95 bits per heavy atom. The maximum Gasteiger partial charge on any atom is 0.264 e. The van der Waals surface area contributed by atoms with Crippen LogP contribution in [0.4, 0.5) is 5.69 Å². The molecule has 0 heterocycles. The van der Waals surface area contributed by atoms with Gasteiger partial charge in [-0.2, -0.15) is 0 Å². The molecule has 0 spiro atoms. The van der Waals surface area contributed by atoms with Crippen LogP contribution in [0.3, 0.4) is 0 Å². The molecule has 0 radical (unpaired) electrons. The summed E-state index contributed by atoms with van der Waals surface area (Å²) < 4.78 is 28.6. The number of hydrogen-bond acceptors (Lipinski definition) is 4. The van der Waals surface area contributed by atoms with Crippen LogP contribution in [0.2, 0.25) is 0 Å². The highest BCUT2D eigenvalue weighted by molar-refractivity contribution is 7.92. The Kier molecular flexibility index (Phi) is 9.85. The second kappa shape index (κ2) is 13.1. The van der Waals surface area contributed by atoms with Gasteiger partial charge in [-0.1, -0.05) is 74.5 Å². The van der Waals surface area contributed by atoms with E-state index in [-0.39, 0.29) is 17.3 Å². The Morgan fingerprint density at radius 2 is 1.41 bits per heavy atom. The topological polar surface area (TPSA) is 86.8 Å². The van der Waals surface area contributed by atoms with Gasteiger partial charge in [0, 0.05) is 13.1 Å². The fourth-order valence-corrected chi connectivity index (χ4v) is 5.57. The van der Waals surface area contributed by atoms with Gasteiger partial charge in [0.15, 0.2) is 0 Å². The standard InChI is InChI=1S/C29H35N3O4S/c1-4-23-17-19-25(20-18-23)32(37(35,36)26-15-11-8-12-16-26)22-28(33)31(21-24-13-9-7-10-14-24)27(5-2)29(34)30-6-3/h7-20,27H,4-6,21-22H2,1-3H3,(H,30,34)/t27-/m1/s1. The quantitative estimate of drug-likeness (QED) is 0.383. The zero-order chi connectivity index (χ0) is 26.8. The molecule has 7 nitrogen and oxygen atoms in total. The summed E-state index contributed by atoms with van der Waals surface area (Å²) in [7, 11) is -4.05. The summed E-state index contributed by atoms with van der Waals surface area (Å²) in [5.41, 5.74) is 2.30. The number of anilines is 1. The number of benzene rings is 3. The van der Waals surface area contributed by atoms with Gasteiger partial charge in [-0.3, -0.25) is 13.9 Å². The molecule has 2 amide bonds. The maximum absolute atomic E-state index is 13.9. The number of carbonyl (C=O) groups excluding carboxylic acids is 2. The van der Waals surface area contributed by atoms with E-state index >= 15 is 0 Å². The Hall–Kier alpha value is -3.65. The highest BCUT2D eigenvalue weighted by Gasteiger charge is 2.33. The molecule has 3 rings (SSSR count). The van der Waals surface area contributed by atoms with E-state index in [9.17, 15) is 18.0 Å². The lowest BCUT2D eigenvalue weighted by Crippen LogP contribution is -2.52. The summed E-state index contributed by atoms with van der Waals surface area (Å²) in [5, 5.41) is 2.81. The van der Waals surface area contributed by atoms with Crippen molar-refractivity contribution >= 4 is 27.5 Å². The molecule has 0 aliphatic rings. The third-order valence-electron chi connectivity index (χ3n) is 6.18. The van der Waals surface area contributed by atoms with E-state index in [1.807, 2.05) is 63.2 Å². The first-order valence-electron chi connectivity index (χ1n) is 12.6. The highest BCUT2D eigenvalue weighted by Crippen LogP contribution is 2.25. The van der Waals surface area contributed by atoms with Crippen molar-refractivity contribution in [1.82, 2.24) is 10.2 Å². The van der Waals surface area contributed by atoms with E-state index in [0.717, 1.165) is 21.9 Å². The molecule has 0 aliphatic heterocycles. The van der Waals surface area contributed by atoms with E-state index in [0.29, 0.717) is 18.7 Å². The normalized spacial score (nSPS) is 12.0. The number of nitrogens with one attached hydrogen (secondary N) is 1. The number of aryl methyl sites for hydroxylation is 1. The number of amides is 2. The molecule has 0 saturated heterocycles. The van der Waals surface area contributed by atoms with Gasteiger partial charge in [0.2, 0.25) is 11.8 Å². The van der Waals surface area contributed by atoms with Crippen LogP contribution in [0, 0.1) is 0 Å². The molecule has 1 atom stereocenters. The zero-order valence-electron chi connectivity index (χ0n) is 21.6. The van der Waals surface area contributed by atoms with E-state index in [1.54, 1.807) is 30.3 Å². The van der Waals surface area contributed by atoms with Gasteiger partial charge >= 0.3 is 0 Å². The second-order valence-electron chi connectivity index (χ2n) is 8.67. The van der Waals surface area contributed by atoms with Crippen LogP contribution >= 0.6 is 0 Å². The first kappa shape index (κ1) is 27.9. The molecule has 37 heavy (non-hydrogen) atoms. The molecule has 8 heteroatoms. The minimum absolute atomic E-state index is 0.0905. The third kappa shape index (κ3) is 6.98. The summed E-state index contributed by atoms with van der Waals surface area (Å²) in [5.74, 6) is -0.722. The number of nitrogens with zero attached hydrogens (tertiary/aromatic N) is 2. The fourth-order valence-electron chi connectivity index (χ4n) is 4.14. The summed E-state index contributed by atoms with van der Waals surface area (Å²) in [4.78, 5) is 28.4. The lowest BCUT2D eigenvalue weighted by atomic mass is 10.1. The van der Waals surface area contributed by atoms with Crippen LogP contribution in [0.1, 0.15) is 38.3 Å². The molecule has 0 aromatic heterocycles. The minimum atomic E-state index is -4.05. The van der Waals surface area contributed by atoms with Crippen molar-refractivity contribution in [3.05, 3.63) is 96.1 Å². The SMILES string of the molecule is CCNC(=O)[C@@H](CC)N(Cc1ccccc1)C(=O)CN(c1ccc(CC)cc1)S(=O)(=O)c1ccccc1. The molecule has 0 fully saturated rings. The van der Waals surface area contributed by atoms with Crippen LogP contribution < -0.4 is 9.62 Å². The van der Waals surface area contributed by atoms with Crippen LogP contribution in [-0.4, -0.2) is 44.3 Å². The smallest absolute Gasteiger partial charge is 0.264 e. The van der Waals surface area contributed by atoms with E-state index < -0.39 is 28.5 Å². The van der Waals surface area contributed by atoms with Crippen molar-refractivity contribution < 1.29 is 18.0 Å². The van der Waals surface area contributed by atoms with Gasteiger partial charge in [0.25, 0.3) is 10.0 Å². The van der Waals surface area contributed by atoms with Crippen molar-refractivity contribution in [2.75, 3.05) is 17.4 Å². The van der Waals surface area contributed by atoms with Crippen LogP contribution in [0.15, 0.2) is 89.8 Å². The molecule has 0 unspecified atom stereocenters. The Bertz CT molecular complexity index is 1260. The molecular weight excluding hydrogens is 486 g/mol. The van der Waals surface area contributed by atoms with Gasteiger partial charge < -0.3 is 10.2 Å². The largest absolute Gasteiger partial charge is 0.355 e. The zero-order valence-corrected chi connectivity index (χ0v) is 22.4. The van der Waals surface area contributed by atoms with Gasteiger partial charge in [-0.25, -0.2) is 8.42 Å². The lowest BCUT2D eigenvalue weighted by molar-refractivity contribution is -0.140. The van der Waals surface area contributed by atoms with Crippen molar-refractivity contribution in [2.45, 2.75) is 51.1 Å². The molecule has 3 aromatic carbocycles. The maximum atomic E-state index is 13.9. The first-order valence-corrected chi connectivity index (χ1v) is 14.0. The molecular formula is C29H35N3O4S. The highest BCUT2D eigenvalue weighted by atomic mass is 32.2. The van der Waals surface area contributed by atoms with Gasteiger partial charge in [0.1, 0.15) is 12.6 Å². The summed E-state index contributed by atoms with van der Waals surface area (Å²) >= 11 is 0. The predicted octanol–water partition coefficient (Wildman–Crippen LogP) is 4.39. The summed E-state index contributed by atoms with van der Waals surface area (Å²) in [6, 6.07) is 23.9. The number of likely N-dealkylation sites (N-methyl/N-ethyl adjacent to an activating group) is 1. The summed E-state index contributed by atoms with van der Waals surface area (Å²) in [6.45, 7) is 5.86. The van der Waals surface area contributed by atoms with Crippen molar-refractivity contribution in [1.29, 1.82) is 0 Å². The van der Waals surface area contributed by atoms with E-state index in [4.69, 9.17) is 0 Å². The number of carbonyl (C=O) groups is 2. The number of hydrogen-bond donors (Lipinski definition) is 1. The number of sulfonamides is 1. The van der Waals surface area contributed by atoms with Crippen molar-refractivity contribution in [2.24, 2.45) is 0 Å². The van der Waals surface area contributed by atoms with Gasteiger partial charge in [-0.15, -0.1) is 0 Å². The minimum Gasteiger partial charge on any atom is -0.355 e. The monoisotopic (exact) mass is 521 g/mol. The number of rotatable bonds is 12. The molecule has 0 aliphatic carbocycles. The average molecular weight is 522 g/mol. The first-order chi connectivity index (χ1) is 17.8. The predicted molar refractivity (Wildman–Crippen MR) is 147 cm³/mol. The van der Waals surface area contributed by atoms with E-state index in [1.165, 1.54) is 17.0 Å². The van der Waals surface area contributed by atoms with Crippen LogP contribution in [0.25, 0.3) is 0 Å². The molecule has 196 valence electrons. The van der Waals surface area contributed by atoms with Crippen molar-refractivity contribution in [3.63, 3.8) is 0 Å². The van der Waals surface area contributed by atoms with Crippen molar-refractivity contribution in [3.8, 4) is 0 Å². The molecule has 0 bridgehead atoms. The Labute approximate surface area is 220 Å². The molecule has 3 aromatic rings. The van der Waals surface area contributed by atoms with Crippen LogP contribution in [-0.2, 0) is 32.6 Å². The molecule has 1 N–H and O–H groups in total.